The molecule has 1 N–H and O–H groups in total. The Labute approximate surface area is 166 Å². The first-order valence-electron chi connectivity index (χ1n) is 9.00. The average molecular weight is 399 g/mol. The molecule has 1 fully saturated rings. The summed E-state index contributed by atoms with van der Waals surface area (Å²) in [7, 11) is 1.60. The number of fused-ring (bicyclic) bond motifs is 1. The molecule has 3 aromatic rings. The van der Waals surface area contributed by atoms with Gasteiger partial charge in [-0.1, -0.05) is 11.3 Å². The van der Waals surface area contributed by atoms with Crippen LogP contribution in [0, 0.1) is 19.8 Å². The molecular formula is C19H21N5O3S. The Hall–Kier alpha value is -2.94. The molecule has 0 bridgehead atoms. The third kappa shape index (κ3) is 3.33. The van der Waals surface area contributed by atoms with Gasteiger partial charge >= 0.3 is 0 Å². The number of hydrogen-bond donors (Lipinski definition) is 1. The Kier molecular flexibility index (Phi) is 4.76. The molecule has 0 radical (unpaired) electrons. The van der Waals surface area contributed by atoms with Crippen molar-refractivity contribution in [1.29, 1.82) is 0 Å². The van der Waals surface area contributed by atoms with Gasteiger partial charge in [0.05, 0.1) is 31.0 Å². The summed E-state index contributed by atoms with van der Waals surface area (Å²) in [6, 6.07) is 7.26. The molecule has 1 aliphatic heterocycles. The lowest BCUT2D eigenvalue weighted by molar-refractivity contribution is -0.126. The second-order valence-electron chi connectivity index (χ2n) is 6.78. The van der Waals surface area contributed by atoms with Crippen molar-refractivity contribution in [3.05, 3.63) is 40.7 Å². The van der Waals surface area contributed by atoms with Gasteiger partial charge < -0.3 is 15.0 Å². The smallest absolute Gasteiger partial charge is 0.227 e. The van der Waals surface area contributed by atoms with E-state index in [1.165, 1.54) is 11.3 Å². The van der Waals surface area contributed by atoms with E-state index in [1.807, 2.05) is 26.0 Å². The topological polar surface area (TPSA) is 88.8 Å². The molecule has 1 atom stereocenters. The van der Waals surface area contributed by atoms with E-state index in [-0.39, 0.29) is 24.2 Å². The first-order valence-corrected chi connectivity index (χ1v) is 9.81. The van der Waals surface area contributed by atoms with Crippen LogP contribution in [0.5, 0.6) is 5.75 Å². The molecule has 1 aromatic carbocycles. The molecule has 1 saturated heterocycles. The number of rotatable bonds is 5. The molecule has 4 rings (SSSR count). The van der Waals surface area contributed by atoms with Gasteiger partial charge in [0.1, 0.15) is 10.8 Å². The van der Waals surface area contributed by atoms with Gasteiger partial charge in [-0.3, -0.25) is 9.59 Å². The minimum absolute atomic E-state index is 0.0524. The van der Waals surface area contributed by atoms with Crippen LogP contribution in [0.2, 0.25) is 0 Å². The van der Waals surface area contributed by atoms with Crippen molar-refractivity contribution in [1.82, 2.24) is 19.9 Å². The molecular weight excluding hydrogens is 378 g/mol. The van der Waals surface area contributed by atoms with Crippen LogP contribution in [0.3, 0.4) is 0 Å². The Balaban J connectivity index is 1.42. The summed E-state index contributed by atoms with van der Waals surface area (Å²) < 4.78 is 6.92. The summed E-state index contributed by atoms with van der Waals surface area (Å²) in [4.78, 5) is 32.0. The van der Waals surface area contributed by atoms with E-state index in [4.69, 9.17) is 4.74 Å². The zero-order valence-electron chi connectivity index (χ0n) is 15.9. The maximum absolute atomic E-state index is 12.7. The molecule has 0 unspecified atom stereocenters. The summed E-state index contributed by atoms with van der Waals surface area (Å²) in [6.45, 7) is 4.54. The number of anilines is 1. The molecule has 0 aliphatic carbocycles. The van der Waals surface area contributed by atoms with E-state index in [1.54, 1.807) is 28.7 Å². The van der Waals surface area contributed by atoms with Crippen LogP contribution in [0.1, 0.15) is 22.8 Å². The maximum Gasteiger partial charge on any atom is 0.227 e. The average Bonchev–Trinajstić information content (AvgIpc) is 3.32. The van der Waals surface area contributed by atoms with E-state index in [2.05, 4.69) is 15.4 Å². The van der Waals surface area contributed by atoms with Gasteiger partial charge in [-0.25, -0.2) is 9.50 Å². The van der Waals surface area contributed by atoms with E-state index in [9.17, 15) is 9.59 Å². The van der Waals surface area contributed by atoms with Crippen molar-refractivity contribution in [3.8, 4) is 5.75 Å². The van der Waals surface area contributed by atoms with E-state index >= 15 is 0 Å². The summed E-state index contributed by atoms with van der Waals surface area (Å²) in [5.41, 5.74) is 2.48. The number of benzene rings is 1. The van der Waals surface area contributed by atoms with Crippen LogP contribution < -0.4 is 15.0 Å². The number of imidazole rings is 1. The number of aromatic nitrogens is 3. The minimum atomic E-state index is -0.379. The Bertz CT molecular complexity index is 1040. The Morgan fingerprint density at radius 2 is 2.07 bits per heavy atom. The fourth-order valence-corrected chi connectivity index (χ4v) is 4.21. The number of ether oxygens (including phenoxy) is 1. The van der Waals surface area contributed by atoms with Gasteiger partial charge in [-0.15, -0.1) is 0 Å². The largest absolute Gasteiger partial charge is 0.497 e. The highest BCUT2D eigenvalue weighted by molar-refractivity contribution is 7.16. The molecule has 146 valence electrons. The SMILES string of the molecule is COc1ccc(N2C[C@H](C(=O)NCc3c(C)nc4sc(C)nn34)CC2=O)cc1. The van der Waals surface area contributed by atoms with Gasteiger partial charge in [-0.2, -0.15) is 5.10 Å². The first-order chi connectivity index (χ1) is 13.5. The van der Waals surface area contributed by atoms with Gasteiger partial charge in [-0.05, 0) is 38.1 Å². The molecule has 2 amide bonds. The number of amides is 2. The number of carbonyl (C=O) groups is 2. The van der Waals surface area contributed by atoms with Crippen LogP contribution in [0.15, 0.2) is 24.3 Å². The second kappa shape index (κ2) is 7.23. The second-order valence-corrected chi connectivity index (χ2v) is 7.94. The molecule has 1 aliphatic rings. The molecule has 9 heteroatoms. The lowest BCUT2D eigenvalue weighted by Crippen LogP contribution is -2.33. The normalized spacial score (nSPS) is 16.8. The van der Waals surface area contributed by atoms with Crippen LogP contribution in [-0.2, 0) is 16.1 Å². The molecule has 8 nitrogen and oxygen atoms in total. The summed E-state index contributed by atoms with van der Waals surface area (Å²) in [5.74, 6) is 0.161. The number of aryl methyl sites for hydroxylation is 2. The molecule has 0 saturated carbocycles. The van der Waals surface area contributed by atoms with E-state index in [0.29, 0.717) is 13.1 Å². The summed E-state index contributed by atoms with van der Waals surface area (Å²) in [5, 5.41) is 8.30. The Morgan fingerprint density at radius 3 is 2.79 bits per heavy atom. The fraction of sp³-hybridized carbons (Fsp3) is 0.368. The van der Waals surface area contributed by atoms with Crippen molar-refractivity contribution in [2.45, 2.75) is 26.8 Å². The van der Waals surface area contributed by atoms with Crippen molar-refractivity contribution in [2.75, 3.05) is 18.6 Å². The third-order valence-corrected chi connectivity index (χ3v) is 5.73. The standard InChI is InChI=1S/C19H21N5O3S/c1-11-16(24-19(21-11)28-12(2)22-24)9-20-18(26)13-8-17(25)23(10-13)14-4-6-15(27-3)7-5-14/h4-7,13H,8-10H2,1-3H3,(H,20,26)/t13-/m1/s1. The van der Waals surface area contributed by atoms with Gasteiger partial charge in [0.2, 0.25) is 16.8 Å². The van der Waals surface area contributed by atoms with Gasteiger partial charge in [0, 0.05) is 18.7 Å². The predicted molar refractivity (Wildman–Crippen MR) is 106 cm³/mol. The maximum atomic E-state index is 12.7. The number of hydrogen-bond acceptors (Lipinski definition) is 6. The highest BCUT2D eigenvalue weighted by Gasteiger charge is 2.35. The van der Waals surface area contributed by atoms with Crippen LogP contribution in [0.4, 0.5) is 5.69 Å². The van der Waals surface area contributed by atoms with E-state index < -0.39 is 0 Å². The zero-order chi connectivity index (χ0) is 19.8. The van der Waals surface area contributed by atoms with Crippen LogP contribution in [-0.4, -0.2) is 40.1 Å². The highest BCUT2D eigenvalue weighted by Crippen LogP contribution is 2.27. The molecule has 28 heavy (non-hydrogen) atoms. The van der Waals surface area contributed by atoms with Crippen molar-refractivity contribution >= 4 is 33.8 Å². The first kappa shape index (κ1) is 18.4. The van der Waals surface area contributed by atoms with Crippen molar-refractivity contribution < 1.29 is 14.3 Å². The third-order valence-electron chi connectivity index (χ3n) is 4.91. The monoisotopic (exact) mass is 399 g/mol. The zero-order valence-corrected chi connectivity index (χ0v) is 16.7. The lowest BCUT2D eigenvalue weighted by atomic mass is 10.1. The minimum Gasteiger partial charge on any atom is -0.497 e. The predicted octanol–water partition coefficient (Wildman–Crippen LogP) is 2.09. The number of carbonyl (C=O) groups excluding carboxylic acids is 2. The molecule has 0 spiro atoms. The van der Waals surface area contributed by atoms with Crippen LogP contribution >= 0.6 is 11.3 Å². The number of nitrogens with zero attached hydrogens (tertiary/aromatic N) is 4. The number of methoxy groups -OCH3 is 1. The van der Waals surface area contributed by atoms with Gasteiger partial charge in [0.15, 0.2) is 0 Å². The summed E-state index contributed by atoms with van der Waals surface area (Å²) in [6.07, 6.45) is 0.203. The Morgan fingerprint density at radius 1 is 1.32 bits per heavy atom. The molecule has 3 heterocycles. The van der Waals surface area contributed by atoms with Crippen molar-refractivity contribution in [3.63, 3.8) is 0 Å². The molecule has 2 aromatic heterocycles. The van der Waals surface area contributed by atoms with Crippen molar-refractivity contribution in [2.24, 2.45) is 5.92 Å². The quantitative estimate of drug-likeness (QED) is 0.710. The lowest BCUT2D eigenvalue weighted by Gasteiger charge is -2.17. The summed E-state index contributed by atoms with van der Waals surface area (Å²) >= 11 is 1.52. The fourth-order valence-electron chi connectivity index (χ4n) is 3.40. The highest BCUT2D eigenvalue weighted by atomic mass is 32.1. The number of nitrogens with one attached hydrogen (secondary N) is 1. The van der Waals surface area contributed by atoms with E-state index in [0.717, 1.165) is 32.8 Å². The van der Waals surface area contributed by atoms with Gasteiger partial charge in [0.25, 0.3) is 0 Å². The van der Waals surface area contributed by atoms with Crippen LogP contribution in [0.25, 0.3) is 4.96 Å².